The lowest BCUT2D eigenvalue weighted by Gasteiger charge is -2.26. The Hall–Kier alpha value is -0.120. The Morgan fingerprint density at radius 2 is 2.12 bits per heavy atom. The summed E-state index contributed by atoms with van der Waals surface area (Å²) in [6.07, 6.45) is 5.57. The van der Waals surface area contributed by atoms with E-state index in [2.05, 4.69) is 31.1 Å². The van der Waals surface area contributed by atoms with Gasteiger partial charge in [0, 0.05) is 12.6 Å². The molecule has 0 aromatic heterocycles. The topological polar surface area (TPSA) is 24.5 Å². The standard InChI is InChI=1S/C13H28N2O/c1-4-14-9-6-5-7-10-15(3)13-8-11-16-12(13)2/h12-14H,4-11H2,1-3H3. The molecule has 0 amide bonds. The molecule has 0 spiro atoms. The van der Waals surface area contributed by atoms with Crippen LogP contribution in [0.5, 0.6) is 0 Å². The summed E-state index contributed by atoms with van der Waals surface area (Å²) >= 11 is 0. The van der Waals surface area contributed by atoms with Gasteiger partial charge in [-0.2, -0.15) is 0 Å². The number of unbranched alkanes of at least 4 members (excludes halogenated alkanes) is 2. The fraction of sp³-hybridized carbons (Fsp3) is 1.00. The van der Waals surface area contributed by atoms with Crippen LogP contribution in [-0.4, -0.2) is 50.3 Å². The minimum Gasteiger partial charge on any atom is -0.377 e. The van der Waals surface area contributed by atoms with Crippen molar-refractivity contribution in [2.75, 3.05) is 33.3 Å². The molecule has 0 aromatic carbocycles. The van der Waals surface area contributed by atoms with E-state index in [1.165, 1.54) is 38.8 Å². The highest BCUT2D eigenvalue weighted by atomic mass is 16.5. The van der Waals surface area contributed by atoms with Crippen LogP contribution in [0.1, 0.15) is 39.5 Å². The summed E-state index contributed by atoms with van der Waals surface area (Å²) in [7, 11) is 2.24. The van der Waals surface area contributed by atoms with Gasteiger partial charge in [-0.15, -0.1) is 0 Å². The molecule has 2 unspecified atom stereocenters. The summed E-state index contributed by atoms with van der Waals surface area (Å²) in [5, 5.41) is 3.36. The Bertz CT molecular complexity index is 175. The molecule has 1 aliphatic heterocycles. The first kappa shape index (κ1) is 13.9. The van der Waals surface area contributed by atoms with E-state index in [0.29, 0.717) is 12.1 Å². The Balaban J connectivity index is 1.99. The molecule has 96 valence electrons. The van der Waals surface area contributed by atoms with Crippen LogP contribution in [0.4, 0.5) is 0 Å². The van der Waals surface area contributed by atoms with Gasteiger partial charge in [0.2, 0.25) is 0 Å². The van der Waals surface area contributed by atoms with Gasteiger partial charge in [0.05, 0.1) is 6.10 Å². The lowest BCUT2D eigenvalue weighted by Crippen LogP contribution is -2.37. The van der Waals surface area contributed by atoms with E-state index < -0.39 is 0 Å². The van der Waals surface area contributed by atoms with Crippen molar-refractivity contribution in [1.82, 2.24) is 10.2 Å². The maximum absolute atomic E-state index is 5.59. The molecule has 1 fully saturated rings. The quantitative estimate of drug-likeness (QED) is 0.642. The van der Waals surface area contributed by atoms with E-state index in [-0.39, 0.29) is 0 Å². The highest BCUT2D eigenvalue weighted by Crippen LogP contribution is 2.18. The first-order valence-corrected chi connectivity index (χ1v) is 6.78. The lowest BCUT2D eigenvalue weighted by atomic mass is 10.1. The van der Waals surface area contributed by atoms with E-state index in [1.807, 2.05) is 0 Å². The predicted molar refractivity (Wildman–Crippen MR) is 68.8 cm³/mol. The summed E-state index contributed by atoms with van der Waals surface area (Å²) in [6.45, 7) is 8.77. The fourth-order valence-electron chi connectivity index (χ4n) is 2.43. The van der Waals surface area contributed by atoms with E-state index in [4.69, 9.17) is 4.74 Å². The van der Waals surface area contributed by atoms with E-state index in [1.54, 1.807) is 0 Å². The minimum absolute atomic E-state index is 0.423. The second-order valence-corrected chi connectivity index (χ2v) is 4.83. The van der Waals surface area contributed by atoms with E-state index >= 15 is 0 Å². The molecule has 0 aromatic rings. The van der Waals surface area contributed by atoms with Crippen LogP contribution >= 0.6 is 0 Å². The van der Waals surface area contributed by atoms with Crippen molar-refractivity contribution >= 4 is 0 Å². The van der Waals surface area contributed by atoms with Crippen molar-refractivity contribution in [2.45, 2.75) is 51.7 Å². The summed E-state index contributed by atoms with van der Waals surface area (Å²) in [5.74, 6) is 0. The monoisotopic (exact) mass is 228 g/mol. The van der Waals surface area contributed by atoms with Crippen LogP contribution < -0.4 is 5.32 Å². The van der Waals surface area contributed by atoms with Crippen molar-refractivity contribution < 1.29 is 4.74 Å². The molecule has 0 bridgehead atoms. The number of ether oxygens (including phenoxy) is 1. The van der Waals surface area contributed by atoms with E-state index in [0.717, 1.165) is 13.2 Å². The number of nitrogens with zero attached hydrogens (tertiary/aromatic N) is 1. The SMILES string of the molecule is CCNCCCCCN(C)C1CCOC1C. The van der Waals surface area contributed by atoms with Crippen molar-refractivity contribution in [2.24, 2.45) is 0 Å². The van der Waals surface area contributed by atoms with Crippen LogP contribution in [0.3, 0.4) is 0 Å². The zero-order valence-electron chi connectivity index (χ0n) is 11.2. The van der Waals surface area contributed by atoms with Gasteiger partial charge in [-0.05, 0) is 52.9 Å². The molecular formula is C13H28N2O. The number of rotatable bonds is 8. The smallest absolute Gasteiger partial charge is 0.0702 e. The highest BCUT2D eigenvalue weighted by Gasteiger charge is 2.27. The Morgan fingerprint density at radius 1 is 1.31 bits per heavy atom. The average molecular weight is 228 g/mol. The molecule has 2 atom stereocenters. The largest absolute Gasteiger partial charge is 0.377 e. The van der Waals surface area contributed by atoms with Crippen LogP contribution in [-0.2, 0) is 4.74 Å². The second kappa shape index (κ2) is 8.04. The number of hydrogen-bond donors (Lipinski definition) is 1. The molecule has 0 aliphatic carbocycles. The molecule has 16 heavy (non-hydrogen) atoms. The van der Waals surface area contributed by atoms with Gasteiger partial charge in [-0.1, -0.05) is 13.3 Å². The van der Waals surface area contributed by atoms with Gasteiger partial charge in [-0.3, -0.25) is 0 Å². The Morgan fingerprint density at radius 3 is 2.75 bits per heavy atom. The molecule has 0 radical (unpaired) electrons. The maximum Gasteiger partial charge on any atom is 0.0702 e. The lowest BCUT2D eigenvalue weighted by molar-refractivity contribution is 0.0831. The van der Waals surface area contributed by atoms with Gasteiger partial charge in [0.1, 0.15) is 0 Å². The normalized spacial score (nSPS) is 25.5. The van der Waals surface area contributed by atoms with E-state index in [9.17, 15) is 0 Å². The third-order valence-electron chi connectivity index (χ3n) is 3.52. The Kier molecular flexibility index (Phi) is 7.01. The molecule has 1 heterocycles. The summed E-state index contributed by atoms with van der Waals surface area (Å²) in [4.78, 5) is 2.48. The fourth-order valence-corrected chi connectivity index (χ4v) is 2.43. The molecule has 3 heteroatoms. The first-order chi connectivity index (χ1) is 7.75. The minimum atomic E-state index is 0.423. The second-order valence-electron chi connectivity index (χ2n) is 4.83. The zero-order chi connectivity index (χ0) is 11.8. The predicted octanol–water partition coefficient (Wildman–Crippen LogP) is 1.88. The van der Waals surface area contributed by atoms with Crippen LogP contribution in [0.2, 0.25) is 0 Å². The molecule has 1 N–H and O–H groups in total. The molecular weight excluding hydrogens is 200 g/mol. The van der Waals surface area contributed by atoms with Gasteiger partial charge >= 0.3 is 0 Å². The third kappa shape index (κ3) is 4.81. The van der Waals surface area contributed by atoms with Crippen LogP contribution in [0.25, 0.3) is 0 Å². The van der Waals surface area contributed by atoms with Gasteiger partial charge in [0.25, 0.3) is 0 Å². The first-order valence-electron chi connectivity index (χ1n) is 6.78. The summed E-state index contributed by atoms with van der Waals surface area (Å²) in [5.41, 5.74) is 0. The van der Waals surface area contributed by atoms with Gasteiger partial charge < -0.3 is 15.0 Å². The molecule has 1 aliphatic rings. The van der Waals surface area contributed by atoms with Crippen molar-refractivity contribution in [3.8, 4) is 0 Å². The number of nitrogens with one attached hydrogen (secondary N) is 1. The summed E-state index contributed by atoms with van der Waals surface area (Å²) < 4.78 is 5.59. The van der Waals surface area contributed by atoms with Crippen molar-refractivity contribution in [3.05, 3.63) is 0 Å². The third-order valence-corrected chi connectivity index (χ3v) is 3.52. The number of hydrogen-bond acceptors (Lipinski definition) is 3. The maximum atomic E-state index is 5.59. The number of likely N-dealkylation sites (N-methyl/N-ethyl adjacent to an activating group) is 1. The summed E-state index contributed by atoms with van der Waals surface area (Å²) in [6, 6.07) is 0.647. The van der Waals surface area contributed by atoms with Crippen LogP contribution in [0.15, 0.2) is 0 Å². The van der Waals surface area contributed by atoms with Crippen LogP contribution in [0, 0.1) is 0 Å². The average Bonchev–Trinajstić information content (AvgIpc) is 2.69. The van der Waals surface area contributed by atoms with Gasteiger partial charge in [0.15, 0.2) is 0 Å². The molecule has 0 saturated carbocycles. The van der Waals surface area contributed by atoms with Gasteiger partial charge in [-0.25, -0.2) is 0 Å². The van der Waals surface area contributed by atoms with Crippen molar-refractivity contribution in [1.29, 1.82) is 0 Å². The Labute approximate surface area is 101 Å². The highest BCUT2D eigenvalue weighted by molar-refractivity contribution is 4.80. The molecule has 1 rings (SSSR count). The zero-order valence-corrected chi connectivity index (χ0v) is 11.2. The molecule has 1 saturated heterocycles. The van der Waals surface area contributed by atoms with Crippen molar-refractivity contribution in [3.63, 3.8) is 0 Å². The molecule has 3 nitrogen and oxygen atoms in total.